The summed E-state index contributed by atoms with van der Waals surface area (Å²) in [6, 6.07) is -0.218. The summed E-state index contributed by atoms with van der Waals surface area (Å²) in [5.74, 6) is -0.0969. The molecule has 0 aromatic carbocycles. The molecule has 0 aromatic rings. The van der Waals surface area contributed by atoms with Crippen LogP contribution in [-0.4, -0.2) is 40.6 Å². The molecule has 0 bridgehead atoms. The minimum atomic E-state index is -0.534. The monoisotopic (exact) mass is 254 g/mol. The van der Waals surface area contributed by atoms with Crippen LogP contribution in [0.15, 0.2) is 0 Å². The number of unbranched alkanes of at least 4 members (excludes halogenated alkanes) is 3. The van der Waals surface area contributed by atoms with Crippen molar-refractivity contribution in [1.82, 2.24) is 10.2 Å². The van der Waals surface area contributed by atoms with Crippen molar-refractivity contribution < 1.29 is 14.7 Å². The van der Waals surface area contributed by atoms with Crippen molar-refractivity contribution in [2.45, 2.75) is 56.9 Å². The van der Waals surface area contributed by atoms with Crippen molar-refractivity contribution in [1.29, 1.82) is 0 Å². The number of hydrogen-bond donors (Lipinski definition) is 2. The number of imide groups is 1. The van der Waals surface area contributed by atoms with Crippen molar-refractivity contribution in [2.75, 3.05) is 13.2 Å². The van der Waals surface area contributed by atoms with Gasteiger partial charge in [-0.05, 0) is 25.7 Å². The molecule has 102 valence electrons. The van der Waals surface area contributed by atoms with Gasteiger partial charge in [-0.25, -0.2) is 4.79 Å². The maximum atomic E-state index is 11.9. The van der Waals surface area contributed by atoms with Gasteiger partial charge in [-0.3, -0.25) is 10.1 Å². The summed E-state index contributed by atoms with van der Waals surface area (Å²) in [6.07, 6.45) is 7.37. The maximum Gasteiger partial charge on any atom is 0.325 e. The van der Waals surface area contributed by atoms with Crippen LogP contribution in [-0.2, 0) is 4.79 Å². The molecule has 1 aliphatic heterocycles. The fraction of sp³-hybridized carbons (Fsp3) is 0.846. The van der Waals surface area contributed by atoms with Gasteiger partial charge in [0.15, 0.2) is 0 Å². The van der Waals surface area contributed by atoms with Gasteiger partial charge < -0.3 is 10.0 Å². The van der Waals surface area contributed by atoms with Gasteiger partial charge in [-0.15, -0.1) is 0 Å². The third-order valence-electron chi connectivity index (χ3n) is 4.13. The normalized spacial score (nSPS) is 21.9. The first-order chi connectivity index (χ1) is 8.70. The van der Waals surface area contributed by atoms with Gasteiger partial charge in [0, 0.05) is 13.2 Å². The third kappa shape index (κ3) is 2.36. The van der Waals surface area contributed by atoms with Crippen LogP contribution in [0.2, 0.25) is 0 Å². The number of aliphatic hydroxyl groups is 1. The van der Waals surface area contributed by atoms with Crippen molar-refractivity contribution in [3.8, 4) is 0 Å². The zero-order valence-corrected chi connectivity index (χ0v) is 10.8. The van der Waals surface area contributed by atoms with E-state index in [9.17, 15) is 9.59 Å². The van der Waals surface area contributed by atoms with Crippen molar-refractivity contribution in [2.24, 2.45) is 0 Å². The summed E-state index contributed by atoms with van der Waals surface area (Å²) < 4.78 is 0. The molecule has 3 amide bonds. The van der Waals surface area contributed by atoms with Crippen LogP contribution in [0.5, 0.6) is 0 Å². The number of nitrogens with one attached hydrogen (secondary N) is 1. The minimum Gasteiger partial charge on any atom is -0.396 e. The minimum absolute atomic E-state index is 0.0969. The van der Waals surface area contributed by atoms with E-state index in [0.29, 0.717) is 6.54 Å². The smallest absolute Gasteiger partial charge is 0.325 e. The van der Waals surface area contributed by atoms with Crippen LogP contribution in [0.25, 0.3) is 0 Å². The number of carbonyl (C=O) groups is 2. The van der Waals surface area contributed by atoms with E-state index in [-0.39, 0.29) is 18.5 Å². The standard InChI is InChI=1S/C13H22N2O3/c16-10-6-2-1-5-9-15-12(18)14-11(17)13(15)7-3-4-8-13/h16H,1-10H2,(H,14,17,18). The van der Waals surface area contributed by atoms with E-state index in [1.165, 1.54) is 0 Å². The summed E-state index contributed by atoms with van der Waals surface area (Å²) in [5, 5.41) is 11.2. The Morgan fingerprint density at radius 1 is 1.11 bits per heavy atom. The molecule has 1 saturated carbocycles. The first-order valence-corrected chi connectivity index (χ1v) is 6.95. The van der Waals surface area contributed by atoms with E-state index in [1.54, 1.807) is 4.90 Å². The summed E-state index contributed by atoms with van der Waals surface area (Å²) in [6.45, 7) is 0.885. The Morgan fingerprint density at radius 2 is 1.78 bits per heavy atom. The van der Waals surface area contributed by atoms with E-state index in [4.69, 9.17) is 5.11 Å². The maximum absolute atomic E-state index is 11.9. The Bertz CT molecular complexity index is 324. The highest BCUT2D eigenvalue weighted by Crippen LogP contribution is 2.38. The predicted octanol–water partition coefficient (Wildman–Crippen LogP) is 1.40. The molecular formula is C13H22N2O3. The number of nitrogens with zero attached hydrogens (tertiary/aromatic N) is 1. The molecule has 0 radical (unpaired) electrons. The Labute approximate surface area is 108 Å². The second-order valence-corrected chi connectivity index (χ2v) is 5.29. The molecule has 1 heterocycles. The summed E-state index contributed by atoms with van der Waals surface area (Å²) >= 11 is 0. The molecule has 2 aliphatic rings. The lowest BCUT2D eigenvalue weighted by Gasteiger charge is -2.31. The molecule has 5 heteroatoms. The molecule has 0 aromatic heterocycles. The van der Waals surface area contributed by atoms with E-state index in [0.717, 1.165) is 51.4 Å². The lowest BCUT2D eigenvalue weighted by molar-refractivity contribution is -0.126. The largest absolute Gasteiger partial charge is 0.396 e. The Kier molecular flexibility index (Phi) is 4.22. The molecule has 2 fully saturated rings. The SMILES string of the molecule is O=C1NC(=O)C2(CCCC2)N1CCCCCCO. The second kappa shape index (κ2) is 5.69. The van der Waals surface area contributed by atoms with Gasteiger partial charge in [-0.1, -0.05) is 25.7 Å². The van der Waals surface area contributed by atoms with Crippen LogP contribution < -0.4 is 5.32 Å². The Balaban J connectivity index is 1.89. The Hall–Kier alpha value is -1.10. The van der Waals surface area contributed by atoms with Crippen molar-refractivity contribution in [3.63, 3.8) is 0 Å². The van der Waals surface area contributed by atoms with Gasteiger partial charge in [0.2, 0.25) is 0 Å². The van der Waals surface area contributed by atoms with E-state index >= 15 is 0 Å². The third-order valence-corrected chi connectivity index (χ3v) is 4.13. The van der Waals surface area contributed by atoms with Gasteiger partial charge >= 0.3 is 6.03 Å². The first-order valence-electron chi connectivity index (χ1n) is 6.95. The van der Waals surface area contributed by atoms with Crippen LogP contribution in [0, 0.1) is 0 Å². The van der Waals surface area contributed by atoms with Crippen LogP contribution in [0.4, 0.5) is 4.79 Å². The molecule has 1 aliphatic carbocycles. The molecule has 0 atom stereocenters. The second-order valence-electron chi connectivity index (χ2n) is 5.29. The molecule has 2 rings (SSSR count). The summed E-state index contributed by atoms with van der Waals surface area (Å²) in [4.78, 5) is 25.5. The highest BCUT2D eigenvalue weighted by Gasteiger charge is 2.53. The number of aliphatic hydroxyl groups excluding tert-OH is 1. The van der Waals surface area contributed by atoms with Gasteiger partial charge in [0.1, 0.15) is 5.54 Å². The van der Waals surface area contributed by atoms with E-state index < -0.39 is 5.54 Å². The number of carbonyl (C=O) groups excluding carboxylic acids is 2. The number of hydrogen-bond acceptors (Lipinski definition) is 3. The average Bonchev–Trinajstić information content (AvgIpc) is 2.91. The van der Waals surface area contributed by atoms with Crippen LogP contribution >= 0.6 is 0 Å². The summed E-state index contributed by atoms with van der Waals surface area (Å²) in [5.41, 5.74) is -0.534. The van der Waals surface area contributed by atoms with Crippen LogP contribution in [0.3, 0.4) is 0 Å². The van der Waals surface area contributed by atoms with Crippen molar-refractivity contribution in [3.05, 3.63) is 0 Å². The lowest BCUT2D eigenvalue weighted by atomic mass is 9.95. The van der Waals surface area contributed by atoms with E-state index in [1.807, 2.05) is 0 Å². The quantitative estimate of drug-likeness (QED) is 0.556. The molecule has 1 spiro atoms. The highest BCUT2D eigenvalue weighted by molar-refractivity contribution is 6.07. The van der Waals surface area contributed by atoms with Gasteiger partial charge in [0.05, 0.1) is 0 Å². The lowest BCUT2D eigenvalue weighted by Crippen LogP contribution is -2.47. The van der Waals surface area contributed by atoms with Gasteiger partial charge in [-0.2, -0.15) is 0 Å². The highest BCUT2D eigenvalue weighted by atomic mass is 16.3. The molecular weight excluding hydrogens is 232 g/mol. The molecule has 2 N–H and O–H groups in total. The zero-order chi connectivity index (χ0) is 13.0. The number of urea groups is 1. The van der Waals surface area contributed by atoms with Crippen LogP contribution in [0.1, 0.15) is 51.4 Å². The number of amides is 3. The fourth-order valence-electron chi connectivity index (χ4n) is 3.11. The number of rotatable bonds is 6. The Morgan fingerprint density at radius 3 is 2.44 bits per heavy atom. The predicted molar refractivity (Wildman–Crippen MR) is 67.0 cm³/mol. The molecule has 5 nitrogen and oxygen atoms in total. The zero-order valence-electron chi connectivity index (χ0n) is 10.8. The first kappa shape index (κ1) is 13.3. The topological polar surface area (TPSA) is 69.6 Å². The van der Waals surface area contributed by atoms with Crippen molar-refractivity contribution >= 4 is 11.9 Å². The average molecular weight is 254 g/mol. The molecule has 18 heavy (non-hydrogen) atoms. The fourth-order valence-corrected chi connectivity index (χ4v) is 3.11. The molecule has 0 unspecified atom stereocenters. The van der Waals surface area contributed by atoms with E-state index in [2.05, 4.69) is 5.32 Å². The molecule has 1 saturated heterocycles. The van der Waals surface area contributed by atoms with Gasteiger partial charge in [0.25, 0.3) is 5.91 Å². The summed E-state index contributed by atoms with van der Waals surface area (Å²) in [7, 11) is 0.